The Labute approximate surface area is 170 Å². The van der Waals surface area contributed by atoms with Crippen LogP contribution in [0.2, 0.25) is 0 Å². The Hall–Kier alpha value is -3.56. The van der Waals surface area contributed by atoms with Gasteiger partial charge in [0, 0.05) is 11.4 Å². The lowest BCUT2D eigenvalue weighted by Gasteiger charge is -2.37. The van der Waals surface area contributed by atoms with Gasteiger partial charge in [-0.2, -0.15) is 8.78 Å². The van der Waals surface area contributed by atoms with E-state index in [0.717, 1.165) is 19.1 Å². The minimum absolute atomic E-state index is 0.0974. The Bertz CT molecular complexity index is 881. The lowest BCUT2D eigenvalue weighted by atomic mass is 9.82. The first-order valence-electron chi connectivity index (χ1n) is 8.77. The summed E-state index contributed by atoms with van der Waals surface area (Å²) in [5.74, 6) is -9.43. The van der Waals surface area contributed by atoms with Crippen molar-refractivity contribution in [3.8, 4) is 5.75 Å². The molecule has 0 fully saturated rings. The number of ether oxygens (including phenoxy) is 1. The van der Waals surface area contributed by atoms with Gasteiger partial charge in [-0.3, -0.25) is 9.59 Å². The molecule has 2 aromatic carbocycles. The molecule has 0 saturated heterocycles. The van der Waals surface area contributed by atoms with Crippen LogP contribution in [0.15, 0.2) is 60.7 Å². The molecular weight excluding hydrogens is 405 g/mol. The number of benzene rings is 2. The van der Waals surface area contributed by atoms with Crippen molar-refractivity contribution >= 4 is 17.8 Å². The molecule has 0 aliphatic carbocycles. The predicted molar refractivity (Wildman–Crippen MR) is 99.0 cm³/mol. The van der Waals surface area contributed by atoms with E-state index in [0.29, 0.717) is 5.75 Å². The number of rotatable bonds is 9. The first-order chi connectivity index (χ1) is 14.3. The highest BCUT2D eigenvalue weighted by molar-refractivity contribution is 5.99. The predicted octanol–water partition coefficient (Wildman–Crippen LogP) is 2.28. The van der Waals surface area contributed by atoms with Gasteiger partial charge in [-0.15, -0.1) is 0 Å². The molecular formula is C20H19F3N2O5. The highest BCUT2D eigenvalue weighted by atomic mass is 19.3. The molecule has 1 atom stereocenters. The van der Waals surface area contributed by atoms with E-state index in [4.69, 9.17) is 4.74 Å². The number of hydrogen-bond acceptors (Lipinski definition) is 5. The number of alkyl halides is 2. The standard InChI is InChI=1S/C20H19F3N2O5/c1-14(26)25-19(15-8-4-2-5-9-15,20(21,22)18(28)30-23)17(27)24-12-13-29-16-10-6-3-7-11-16/h2-11H,12-13H2,1H3,(H,24,27)(H,25,26). The summed E-state index contributed by atoms with van der Waals surface area (Å²) in [6.07, 6.45) is 0. The number of para-hydroxylation sites is 1. The Kier molecular flexibility index (Phi) is 7.40. The molecule has 0 saturated carbocycles. The molecule has 7 nitrogen and oxygen atoms in total. The Morgan fingerprint density at radius 2 is 1.53 bits per heavy atom. The van der Waals surface area contributed by atoms with Crippen LogP contribution in [0.4, 0.5) is 13.3 Å². The summed E-state index contributed by atoms with van der Waals surface area (Å²) < 4.78 is 47.8. The maximum atomic E-state index is 15.0. The van der Waals surface area contributed by atoms with Gasteiger partial charge in [-0.05, 0) is 17.7 Å². The largest absolute Gasteiger partial charge is 0.492 e. The van der Waals surface area contributed by atoms with E-state index in [9.17, 15) is 27.7 Å². The molecule has 30 heavy (non-hydrogen) atoms. The third-order valence-electron chi connectivity index (χ3n) is 4.11. The molecule has 10 heteroatoms. The van der Waals surface area contributed by atoms with Crippen LogP contribution in [0.5, 0.6) is 5.75 Å². The zero-order chi connectivity index (χ0) is 22.2. The summed E-state index contributed by atoms with van der Waals surface area (Å²) in [7, 11) is 0. The summed E-state index contributed by atoms with van der Waals surface area (Å²) in [6, 6.07) is 14.8. The molecule has 0 heterocycles. The van der Waals surface area contributed by atoms with Crippen LogP contribution in [-0.2, 0) is 24.9 Å². The van der Waals surface area contributed by atoms with Crippen LogP contribution in [0.1, 0.15) is 12.5 Å². The van der Waals surface area contributed by atoms with E-state index in [-0.39, 0.29) is 13.2 Å². The molecule has 0 aromatic heterocycles. The molecule has 1 unspecified atom stereocenters. The van der Waals surface area contributed by atoms with Crippen LogP contribution < -0.4 is 15.4 Å². The van der Waals surface area contributed by atoms with Crippen molar-refractivity contribution in [3.63, 3.8) is 0 Å². The lowest BCUT2D eigenvalue weighted by molar-refractivity contribution is -0.224. The minimum atomic E-state index is -4.78. The summed E-state index contributed by atoms with van der Waals surface area (Å²) in [5, 5.41) is 4.01. The molecule has 0 radical (unpaired) electrons. The van der Waals surface area contributed by atoms with Gasteiger partial charge in [-0.25, -0.2) is 9.74 Å². The first-order valence-corrected chi connectivity index (χ1v) is 8.77. The number of nitrogens with one attached hydrogen (secondary N) is 2. The third kappa shape index (κ3) is 4.70. The van der Waals surface area contributed by atoms with Crippen molar-refractivity contribution < 1.29 is 37.4 Å². The van der Waals surface area contributed by atoms with E-state index in [2.05, 4.69) is 10.3 Å². The van der Waals surface area contributed by atoms with E-state index in [1.54, 1.807) is 30.3 Å². The molecule has 2 aromatic rings. The van der Waals surface area contributed by atoms with E-state index < -0.39 is 34.8 Å². The third-order valence-corrected chi connectivity index (χ3v) is 4.11. The highest BCUT2D eigenvalue weighted by Crippen LogP contribution is 2.39. The maximum Gasteiger partial charge on any atom is 0.421 e. The fourth-order valence-electron chi connectivity index (χ4n) is 2.80. The van der Waals surface area contributed by atoms with Crippen LogP contribution >= 0.6 is 0 Å². The van der Waals surface area contributed by atoms with Gasteiger partial charge in [0.05, 0.1) is 6.54 Å². The Morgan fingerprint density at radius 1 is 0.967 bits per heavy atom. The molecule has 2 amide bonds. The quantitative estimate of drug-likeness (QED) is 0.603. The maximum absolute atomic E-state index is 15.0. The smallest absolute Gasteiger partial charge is 0.421 e. The van der Waals surface area contributed by atoms with Gasteiger partial charge in [0.1, 0.15) is 12.4 Å². The van der Waals surface area contributed by atoms with Gasteiger partial charge in [0.25, 0.3) is 5.91 Å². The fraction of sp³-hybridized carbons (Fsp3) is 0.250. The van der Waals surface area contributed by atoms with Gasteiger partial charge < -0.3 is 15.4 Å². The van der Waals surface area contributed by atoms with Crippen molar-refractivity contribution in [2.45, 2.75) is 18.4 Å². The number of amides is 2. The average Bonchev–Trinajstić information content (AvgIpc) is 2.75. The average molecular weight is 424 g/mol. The lowest BCUT2D eigenvalue weighted by Crippen LogP contribution is -2.68. The van der Waals surface area contributed by atoms with Crippen molar-refractivity contribution in [3.05, 3.63) is 66.2 Å². The second-order valence-electron chi connectivity index (χ2n) is 6.15. The topological polar surface area (TPSA) is 93.7 Å². The second kappa shape index (κ2) is 9.77. The van der Waals surface area contributed by atoms with Crippen LogP contribution in [0, 0.1) is 0 Å². The first kappa shape index (κ1) is 22.7. The van der Waals surface area contributed by atoms with Crippen LogP contribution in [0.3, 0.4) is 0 Å². The normalized spacial score (nSPS) is 12.9. The number of halogens is 3. The van der Waals surface area contributed by atoms with Crippen molar-refractivity contribution in [1.29, 1.82) is 0 Å². The second-order valence-corrected chi connectivity index (χ2v) is 6.15. The van der Waals surface area contributed by atoms with E-state index in [1.165, 1.54) is 18.2 Å². The van der Waals surface area contributed by atoms with E-state index in [1.807, 2.05) is 5.32 Å². The van der Waals surface area contributed by atoms with Gasteiger partial charge in [0.15, 0.2) is 0 Å². The zero-order valence-electron chi connectivity index (χ0n) is 15.9. The fourth-order valence-corrected chi connectivity index (χ4v) is 2.80. The minimum Gasteiger partial charge on any atom is -0.492 e. The number of hydrogen-bond donors (Lipinski definition) is 2. The Balaban J connectivity index is 2.34. The molecule has 0 bridgehead atoms. The molecule has 2 N–H and O–H groups in total. The van der Waals surface area contributed by atoms with Crippen molar-refractivity contribution in [2.75, 3.05) is 13.2 Å². The van der Waals surface area contributed by atoms with Gasteiger partial charge in [-0.1, -0.05) is 48.5 Å². The highest BCUT2D eigenvalue weighted by Gasteiger charge is 2.67. The van der Waals surface area contributed by atoms with E-state index >= 15 is 0 Å². The molecule has 2 rings (SSSR count). The SMILES string of the molecule is CC(=O)NC(C(=O)NCCOc1ccccc1)(c1ccccc1)C(F)(F)C(=O)OF. The molecule has 0 spiro atoms. The van der Waals surface area contributed by atoms with Crippen molar-refractivity contribution in [1.82, 2.24) is 10.6 Å². The van der Waals surface area contributed by atoms with Crippen LogP contribution in [0.25, 0.3) is 0 Å². The number of carbonyl (C=O) groups is 3. The number of carbonyl (C=O) groups excluding carboxylic acids is 3. The summed E-state index contributed by atoms with van der Waals surface area (Å²) in [5.41, 5.74) is -3.70. The molecule has 0 aliphatic rings. The monoisotopic (exact) mass is 424 g/mol. The summed E-state index contributed by atoms with van der Waals surface area (Å²) in [4.78, 5) is 38.9. The zero-order valence-corrected chi connectivity index (χ0v) is 15.9. The molecule has 160 valence electrons. The Morgan fingerprint density at radius 3 is 2.07 bits per heavy atom. The molecule has 0 aliphatic heterocycles. The van der Waals surface area contributed by atoms with Gasteiger partial charge in [0.2, 0.25) is 11.4 Å². The summed E-state index contributed by atoms with van der Waals surface area (Å²) in [6.45, 7) is 0.531. The van der Waals surface area contributed by atoms with Crippen LogP contribution in [-0.4, -0.2) is 36.9 Å². The van der Waals surface area contributed by atoms with Gasteiger partial charge >= 0.3 is 11.9 Å². The van der Waals surface area contributed by atoms with Crippen molar-refractivity contribution in [2.24, 2.45) is 0 Å². The summed E-state index contributed by atoms with van der Waals surface area (Å²) >= 11 is 0.